The molecule has 1 aliphatic heterocycles. The number of oxazole rings is 1. The number of hydrogen-bond acceptors (Lipinski definition) is 6. The van der Waals surface area contributed by atoms with Crippen molar-refractivity contribution in [2.45, 2.75) is 57.2 Å². The van der Waals surface area contributed by atoms with Crippen molar-refractivity contribution < 1.29 is 26.4 Å². The molecular formula is C26H28F5N5O. The Morgan fingerprint density at radius 3 is 2.51 bits per heavy atom. The van der Waals surface area contributed by atoms with Crippen LogP contribution >= 0.6 is 0 Å². The SMILES string of the molecule is Fc1ccc(-c2cnc(N[C@@H]3CCCC[C@H]3C[C@H]3CCCN(c4cnc(C(F)(F)F)nc4)C3)o2)c(F)c1. The molecule has 1 aliphatic carbocycles. The summed E-state index contributed by atoms with van der Waals surface area (Å²) in [6, 6.07) is 3.77. The highest BCUT2D eigenvalue weighted by atomic mass is 19.4. The molecule has 1 aromatic carbocycles. The van der Waals surface area contributed by atoms with Gasteiger partial charge in [-0.1, -0.05) is 12.8 Å². The van der Waals surface area contributed by atoms with Crippen LogP contribution in [0.3, 0.4) is 0 Å². The lowest BCUT2D eigenvalue weighted by Gasteiger charge is -2.38. The van der Waals surface area contributed by atoms with Gasteiger partial charge in [-0.3, -0.25) is 0 Å². The van der Waals surface area contributed by atoms with E-state index >= 15 is 0 Å². The second-order valence-corrected chi connectivity index (χ2v) is 9.90. The molecule has 0 bridgehead atoms. The molecule has 2 fully saturated rings. The van der Waals surface area contributed by atoms with E-state index in [0.29, 0.717) is 23.5 Å². The largest absolute Gasteiger partial charge is 0.451 e. The number of benzene rings is 1. The van der Waals surface area contributed by atoms with Gasteiger partial charge in [0, 0.05) is 25.2 Å². The summed E-state index contributed by atoms with van der Waals surface area (Å²) < 4.78 is 71.6. The van der Waals surface area contributed by atoms with Crippen LogP contribution in [0.2, 0.25) is 0 Å². The van der Waals surface area contributed by atoms with Gasteiger partial charge in [0.1, 0.15) is 11.6 Å². The van der Waals surface area contributed by atoms with Crippen molar-refractivity contribution in [2.75, 3.05) is 23.3 Å². The second-order valence-electron chi connectivity index (χ2n) is 9.90. The fourth-order valence-corrected chi connectivity index (χ4v) is 5.54. The number of halogens is 5. The van der Waals surface area contributed by atoms with Crippen molar-refractivity contribution in [1.82, 2.24) is 15.0 Å². The monoisotopic (exact) mass is 521 g/mol. The standard InChI is InChI=1S/C26H28F5N5O/c27-18-7-8-20(21(28)11-18)23-14-34-25(37-23)35-22-6-2-1-5-17(22)10-16-4-3-9-36(15-16)19-12-32-24(33-13-19)26(29,30)31/h7-8,11-14,16-17,22H,1-6,9-10,15H2,(H,34,35)/t16-,17+,22-/m1/s1. The smallest absolute Gasteiger partial charge is 0.423 e. The topological polar surface area (TPSA) is 67.1 Å². The predicted molar refractivity (Wildman–Crippen MR) is 128 cm³/mol. The third-order valence-electron chi connectivity index (χ3n) is 7.33. The van der Waals surface area contributed by atoms with Gasteiger partial charge in [-0.25, -0.2) is 23.7 Å². The zero-order chi connectivity index (χ0) is 26.0. The quantitative estimate of drug-likeness (QED) is 0.364. The van der Waals surface area contributed by atoms with E-state index in [4.69, 9.17) is 4.42 Å². The number of alkyl halides is 3. The van der Waals surface area contributed by atoms with Crippen molar-refractivity contribution in [3.63, 3.8) is 0 Å². The summed E-state index contributed by atoms with van der Waals surface area (Å²) in [6.07, 6.45) is 6.57. The van der Waals surface area contributed by atoms with Crippen LogP contribution in [-0.2, 0) is 6.18 Å². The van der Waals surface area contributed by atoms with Crippen LogP contribution in [0, 0.1) is 23.5 Å². The molecule has 37 heavy (non-hydrogen) atoms. The first kappa shape index (κ1) is 25.4. The van der Waals surface area contributed by atoms with Gasteiger partial charge in [0.25, 0.3) is 6.01 Å². The van der Waals surface area contributed by atoms with E-state index in [9.17, 15) is 22.0 Å². The molecule has 0 amide bonds. The zero-order valence-corrected chi connectivity index (χ0v) is 20.1. The van der Waals surface area contributed by atoms with Crippen LogP contribution < -0.4 is 10.2 Å². The molecule has 1 saturated carbocycles. The average molecular weight is 522 g/mol. The summed E-state index contributed by atoms with van der Waals surface area (Å²) in [7, 11) is 0. The fraction of sp³-hybridized carbons (Fsp3) is 0.500. The van der Waals surface area contributed by atoms with E-state index in [1.54, 1.807) is 0 Å². The van der Waals surface area contributed by atoms with Crippen molar-refractivity contribution in [3.8, 4) is 11.3 Å². The Kier molecular flexibility index (Phi) is 7.30. The van der Waals surface area contributed by atoms with Gasteiger partial charge >= 0.3 is 6.18 Å². The molecule has 2 aliphatic rings. The lowest BCUT2D eigenvalue weighted by molar-refractivity contribution is -0.145. The number of aromatic nitrogens is 3. The lowest BCUT2D eigenvalue weighted by Crippen LogP contribution is -2.39. The Morgan fingerprint density at radius 1 is 0.973 bits per heavy atom. The highest BCUT2D eigenvalue weighted by Gasteiger charge is 2.35. The number of nitrogens with one attached hydrogen (secondary N) is 1. The molecule has 0 unspecified atom stereocenters. The van der Waals surface area contributed by atoms with E-state index < -0.39 is 23.6 Å². The zero-order valence-electron chi connectivity index (χ0n) is 20.1. The van der Waals surface area contributed by atoms with Crippen molar-refractivity contribution in [1.29, 1.82) is 0 Å². The minimum Gasteiger partial charge on any atom is -0.423 e. The maximum Gasteiger partial charge on any atom is 0.451 e. The van der Waals surface area contributed by atoms with E-state index in [2.05, 4.69) is 25.2 Å². The van der Waals surface area contributed by atoms with Gasteiger partial charge in [-0.05, 0) is 56.1 Å². The molecule has 5 rings (SSSR count). The van der Waals surface area contributed by atoms with Crippen molar-refractivity contribution in [2.24, 2.45) is 11.8 Å². The molecule has 6 nitrogen and oxygen atoms in total. The minimum absolute atomic E-state index is 0.142. The van der Waals surface area contributed by atoms with Crippen LogP contribution in [0.15, 0.2) is 41.2 Å². The summed E-state index contributed by atoms with van der Waals surface area (Å²) >= 11 is 0. The first-order valence-corrected chi connectivity index (χ1v) is 12.6. The number of piperidine rings is 1. The molecule has 198 valence electrons. The van der Waals surface area contributed by atoms with E-state index in [1.807, 2.05) is 0 Å². The summed E-state index contributed by atoms with van der Waals surface area (Å²) in [6.45, 7) is 1.50. The Balaban J connectivity index is 1.22. The normalized spacial score (nSPS) is 22.7. The van der Waals surface area contributed by atoms with Crippen molar-refractivity contribution in [3.05, 3.63) is 54.2 Å². The van der Waals surface area contributed by atoms with Crippen LogP contribution in [0.4, 0.5) is 33.7 Å². The first-order valence-electron chi connectivity index (χ1n) is 12.6. The summed E-state index contributed by atoms with van der Waals surface area (Å²) in [5.41, 5.74) is 0.757. The van der Waals surface area contributed by atoms with Gasteiger partial charge < -0.3 is 14.6 Å². The summed E-state index contributed by atoms with van der Waals surface area (Å²) in [5, 5.41) is 3.39. The third-order valence-corrected chi connectivity index (χ3v) is 7.33. The van der Waals surface area contributed by atoms with Gasteiger partial charge in [0.15, 0.2) is 5.76 Å². The predicted octanol–water partition coefficient (Wildman–Crippen LogP) is 6.71. The number of hydrogen-bond donors (Lipinski definition) is 1. The van der Waals surface area contributed by atoms with E-state index in [0.717, 1.165) is 64.1 Å². The molecule has 3 atom stereocenters. The highest BCUT2D eigenvalue weighted by molar-refractivity contribution is 5.58. The third kappa shape index (κ3) is 6.02. The van der Waals surface area contributed by atoms with Gasteiger partial charge in [0.2, 0.25) is 5.82 Å². The van der Waals surface area contributed by atoms with E-state index in [1.165, 1.54) is 30.7 Å². The number of nitrogens with zero attached hydrogens (tertiary/aromatic N) is 4. The van der Waals surface area contributed by atoms with Crippen LogP contribution in [0.1, 0.15) is 50.8 Å². The van der Waals surface area contributed by atoms with E-state index in [-0.39, 0.29) is 17.4 Å². The molecule has 2 aromatic heterocycles. The van der Waals surface area contributed by atoms with Gasteiger partial charge in [-0.15, -0.1) is 0 Å². The molecule has 0 radical (unpaired) electrons. The molecule has 1 saturated heterocycles. The molecular weight excluding hydrogens is 493 g/mol. The molecule has 0 spiro atoms. The Labute approximate surface area is 211 Å². The minimum atomic E-state index is -4.55. The number of rotatable bonds is 6. The van der Waals surface area contributed by atoms with Crippen LogP contribution in [0.25, 0.3) is 11.3 Å². The first-order chi connectivity index (χ1) is 17.8. The van der Waals surface area contributed by atoms with Crippen molar-refractivity contribution >= 4 is 11.7 Å². The average Bonchev–Trinajstić information content (AvgIpc) is 3.33. The Morgan fingerprint density at radius 2 is 1.76 bits per heavy atom. The Hall–Kier alpha value is -3.24. The summed E-state index contributed by atoms with van der Waals surface area (Å²) in [5.74, 6) is -1.50. The fourth-order valence-electron chi connectivity index (χ4n) is 5.54. The summed E-state index contributed by atoms with van der Waals surface area (Å²) in [4.78, 5) is 13.4. The van der Waals surface area contributed by atoms with Crippen LogP contribution in [-0.4, -0.2) is 34.1 Å². The maximum absolute atomic E-state index is 14.1. The lowest BCUT2D eigenvalue weighted by atomic mass is 9.77. The Bertz CT molecular complexity index is 1200. The van der Waals surface area contributed by atoms with Gasteiger partial charge in [0.05, 0.1) is 29.8 Å². The maximum atomic E-state index is 14.1. The van der Waals surface area contributed by atoms with Crippen LogP contribution in [0.5, 0.6) is 0 Å². The number of anilines is 2. The van der Waals surface area contributed by atoms with Gasteiger partial charge in [-0.2, -0.15) is 13.2 Å². The second kappa shape index (κ2) is 10.6. The highest BCUT2D eigenvalue weighted by Crippen LogP contribution is 2.36. The molecule has 3 aromatic rings. The molecule has 3 heterocycles. The molecule has 1 N–H and O–H groups in total. The molecule has 11 heteroatoms.